The van der Waals surface area contributed by atoms with E-state index in [1.165, 1.54) is 12.1 Å². The Balaban J connectivity index is 1.42. The van der Waals surface area contributed by atoms with E-state index in [9.17, 15) is 14.0 Å². The van der Waals surface area contributed by atoms with Crippen LogP contribution in [0, 0.1) is 11.7 Å². The molecule has 0 saturated carbocycles. The first-order valence-corrected chi connectivity index (χ1v) is 10.1. The van der Waals surface area contributed by atoms with Crippen LogP contribution < -0.4 is 5.32 Å². The van der Waals surface area contributed by atoms with Crippen LogP contribution >= 0.6 is 11.6 Å². The number of ether oxygens (including phenoxy) is 1. The van der Waals surface area contributed by atoms with E-state index in [0.29, 0.717) is 36.7 Å². The first-order chi connectivity index (χ1) is 13.0. The maximum atomic E-state index is 13.1. The van der Waals surface area contributed by atoms with Crippen molar-refractivity contribution in [1.82, 2.24) is 10.2 Å². The summed E-state index contributed by atoms with van der Waals surface area (Å²) < 4.78 is 18.3. The van der Waals surface area contributed by atoms with E-state index in [2.05, 4.69) is 5.32 Å². The second kappa shape index (κ2) is 8.91. The summed E-state index contributed by atoms with van der Waals surface area (Å²) in [6.07, 6.45) is 5.83. The standard InChI is InChI=1S/C20H26ClFN2O3/c1-2-27-20(26)24-15-6-7-16(24)11-13(10-15)4-3-9-23-19(25)17-8-5-14(22)12-18(17)21/h5,8,12-13,15-16H,2-4,6-7,9-11H2,1H3,(H,23,25). The molecule has 2 aliphatic heterocycles. The zero-order valence-corrected chi connectivity index (χ0v) is 16.3. The highest BCUT2D eigenvalue weighted by molar-refractivity contribution is 6.33. The lowest BCUT2D eigenvalue weighted by Crippen LogP contribution is -2.46. The van der Waals surface area contributed by atoms with Gasteiger partial charge in [-0.1, -0.05) is 11.6 Å². The highest BCUT2D eigenvalue weighted by Crippen LogP contribution is 2.40. The van der Waals surface area contributed by atoms with Crippen molar-refractivity contribution in [3.63, 3.8) is 0 Å². The van der Waals surface area contributed by atoms with Crippen LogP contribution in [0.25, 0.3) is 0 Å². The van der Waals surface area contributed by atoms with Gasteiger partial charge in [-0.25, -0.2) is 9.18 Å². The Bertz CT molecular complexity index is 686. The van der Waals surface area contributed by atoms with Crippen LogP contribution in [0.3, 0.4) is 0 Å². The second-order valence-electron chi connectivity index (χ2n) is 7.35. The minimum Gasteiger partial charge on any atom is -0.450 e. The molecular formula is C20H26ClFN2O3. The van der Waals surface area contributed by atoms with Crippen molar-refractivity contribution < 1.29 is 18.7 Å². The average Bonchev–Trinajstić information content (AvgIpc) is 2.89. The lowest BCUT2D eigenvalue weighted by molar-refractivity contribution is 0.0588. The van der Waals surface area contributed by atoms with Gasteiger partial charge in [0.05, 0.1) is 17.2 Å². The number of hydrogen-bond acceptors (Lipinski definition) is 3. The number of rotatable bonds is 6. The molecule has 1 aromatic rings. The fraction of sp³-hybridized carbons (Fsp3) is 0.600. The highest BCUT2D eigenvalue weighted by atomic mass is 35.5. The first-order valence-electron chi connectivity index (χ1n) is 9.68. The Kier molecular flexibility index (Phi) is 6.58. The van der Waals surface area contributed by atoms with Gasteiger partial charge in [0.2, 0.25) is 0 Å². The zero-order valence-electron chi connectivity index (χ0n) is 15.5. The minimum absolute atomic E-state index is 0.121. The summed E-state index contributed by atoms with van der Waals surface area (Å²) in [5.74, 6) is -0.169. The number of benzene rings is 1. The largest absolute Gasteiger partial charge is 0.450 e. The second-order valence-corrected chi connectivity index (χ2v) is 7.76. The van der Waals surface area contributed by atoms with Gasteiger partial charge in [0.15, 0.2) is 0 Å². The lowest BCUT2D eigenvalue weighted by atomic mass is 9.87. The lowest BCUT2D eigenvalue weighted by Gasteiger charge is -2.38. The van der Waals surface area contributed by atoms with Gasteiger partial charge in [0.25, 0.3) is 5.91 Å². The van der Waals surface area contributed by atoms with Gasteiger partial charge in [-0.3, -0.25) is 4.79 Å². The molecule has 2 unspecified atom stereocenters. The highest BCUT2D eigenvalue weighted by Gasteiger charge is 2.43. The van der Waals surface area contributed by atoms with E-state index in [1.54, 1.807) is 0 Å². The van der Waals surface area contributed by atoms with Gasteiger partial charge >= 0.3 is 6.09 Å². The summed E-state index contributed by atoms with van der Waals surface area (Å²) >= 11 is 5.92. The predicted molar refractivity (Wildman–Crippen MR) is 101 cm³/mol. The molecule has 2 atom stereocenters. The molecule has 2 bridgehead atoms. The summed E-state index contributed by atoms with van der Waals surface area (Å²) in [4.78, 5) is 26.2. The summed E-state index contributed by atoms with van der Waals surface area (Å²) in [6.45, 7) is 2.80. The van der Waals surface area contributed by atoms with Crippen LogP contribution in [0.15, 0.2) is 18.2 Å². The Morgan fingerprint density at radius 2 is 2.00 bits per heavy atom. The third-order valence-electron chi connectivity index (χ3n) is 5.56. The number of fused-ring (bicyclic) bond motifs is 2. The molecule has 2 heterocycles. The monoisotopic (exact) mass is 396 g/mol. The molecule has 0 aliphatic carbocycles. The fourth-order valence-electron chi connectivity index (χ4n) is 4.38. The summed E-state index contributed by atoms with van der Waals surface area (Å²) in [5, 5.41) is 2.97. The molecule has 1 N–H and O–H groups in total. The van der Waals surface area contributed by atoms with Crippen molar-refractivity contribution in [2.45, 2.75) is 57.5 Å². The maximum absolute atomic E-state index is 13.1. The smallest absolute Gasteiger partial charge is 0.410 e. The molecule has 148 valence electrons. The van der Waals surface area contributed by atoms with Crippen molar-refractivity contribution in [3.05, 3.63) is 34.6 Å². The third-order valence-corrected chi connectivity index (χ3v) is 5.87. The molecule has 3 rings (SSSR count). The normalized spacial score (nSPS) is 24.0. The number of nitrogens with one attached hydrogen (secondary N) is 1. The molecule has 2 amide bonds. The predicted octanol–water partition coefficient (Wildman–Crippen LogP) is 4.39. The van der Waals surface area contributed by atoms with E-state index in [4.69, 9.17) is 16.3 Å². The molecule has 5 nitrogen and oxygen atoms in total. The average molecular weight is 397 g/mol. The van der Waals surface area contributed by atoms with E-state index in [0.717, 1.165) is 44.6 Å². The number of piperidine rings is 1. The Morgan fingerprint density at radius 3 is 2.63 bits per heavy atom. The quantitative estimate of drug-likeness (QED) is 0.725. The van der Waals surface area contributed by atoms with Crippen LogP contribution in [-0.4, -0.2) is 42.1 Å². The van der Waals surface area contributed by atoms with Gasteiger partial charge in [0, 0.05) is 18.6 Å². The van der Waals surface area contributed by atoms with E-state index >= 15 is 0 Å². The van der Waals surface area contributed by atoms with Crippen molar-refractivity contribution in [2.75, 3.05) is 13.2 Å². The van der Waals surface area contributed by atoms with Gasteiger partial charge < -0.3 is 15.0 Å². The number of hydrogen-bond donors (Lipinski definition) is 1. The van der Waals surface area contributed by atoms with Crippen LogP contribution in [-0.2, 0) is 4.74 Å². The number of nitrogens with zero attached hydrogens (tertiary/aromatic N) is 1. The first kappa shape index (κ1) is 19.9. The van der Waals surface area contributed by atoms with Crippen molar-refractivity contribution >= 4 is 23.6 Å². The van der Waals surface area contributed by atoms with Crippen LogP contribution in [0.4, 0.5) is 9.18 Å². The molecule has 2 fully saturated rings. The van der Waals surface area contributed by atoms with E-state index in [1.807, 2.05) is 11.8 Å². The summed E-state index contributed by atoms with van der Waals surface area (Å²) in [6, 6.07) is 4.36. The molecule has 0 radical (unpaired) electrons. The number of carbonyl (C=O) groups is 2. The Labute approximate surface area is 164 Å². The summed E-state index contributed by atoms with van der Waals surface area (Å²) in [7, 11) is 0. The molecule has 0 spiro atoms. The SMILES string of the molecule is CCOC(=O)N1C2CCC1CC(CCCNC(=O)c1ccc(F)cc1Cl)C2. The van der Waals surface area contributed by atoms with Gasteiger partial charge in [-0.15, -0.1) is 0 Å². The van der Waals surface area contributed by atoms with Gasteiger partial charge in [-0.2, -0.15) is 0 Å². The zero-order chi connectivity index (χ0) is 19.4. The number of amides is 2. The molecule has 2 aliphatic rings. The number of halogens is 2. The molecule has 27 heavy (non-hydrogen) atoms. The molecule has 7 heteroatoms. The molecule has 2 saturated heterocycles. The van der Waals surface area contributed by atoms with Gasteiger partial charge in [0.1, 0.15) is 5.82 Å². The molecular weight excluding hydrogens is 371 g/mol. The van der Waals surface area contributed by atoms with Crippen molar-refractivity contribution in [1.29, 1.82) is 0 Å². The molecule has 0 aromatic heterocycles. The summed E-state index contributed by atoms with van der Waals surface area (Å²) in [5.41, 5.74) is 0.291. The van der Waals surface area contributed by atoms with E-state index in [-0.39, 0.29) is 17.0 Å². The van der Waals surface area contributed by atoms with Crippen molar-refractivity contribution in [2.24, 2.45) is 5.92 Å². The van der Waals surface area contributed by atoms with Gasteiger partial charge in [-0.05, 0) is 69.6 Å². The van der Waals surface area contributed by atoms with Crippen LogP contribution in [0.5, 0.6) is 0 Å². The third kappa shape index (κ3) is 4.72. The van der Waals surface area contributed by atoms with Crippen molar-refractivity contribution in [3.8, 4) is 0 Å². The Morgan fingerprint density at radius 1 is 1.30 bits per heavy atom. The Hall–Kier alpha value is -1.82. The molecule has 1 aromatic carbocycles. The topological polar surface area (TPSA) is 58.6 Å². The maximum Gasteiger partial charge on any atom is 0.410 e. The fourth-order valence-corrected chi connectivity index (χ4v) is 4.64. The number of carbonyl (C=O) groups excluding carboxylic acids is 2. The van der Waals surface area contributed by atoms with E-state index < -0.39 is 5.82 Å². The minimum atomic E-state index is -0.458. The van der Waals surface area contributed by atoms with Crippen LogP contribution in [0.1, 0.15) is 55.8 Å². The van der Waals surface area contributed by atoms with Crippen LogP contribution in [0.2, 0.25) is 5.02 Å².